The lowest BCUT2D eigenvalue weighted by Gasteiger charge is -2.22. The largest absolute Gasteiger partial charge is 0.508 e. The molecule has 114 valence electrons. The third kappa shape index (κ3) is 3.74. The average molecular weight is 291 g/mol. The molecule has 0 amide bonds. The van der Waals surface area contributed by atoms with Gasteiger partial charge < -0.3 is 20.3 Å². The molecule has 1 atom stereocenters. The van der Waals surface area contributed by atoms with E-state index in [2.05, 4.69) is 10.4 Å². The van der Waals surface area contributed by atoms with Crippen molar-refractivity contribution in [3.8, 4) is 11.5 Å². The molecule has 3 N–H and O–H groups in total. The van der Waals surface area contributed by atoms with Gasteiger partial charge in [0.2, 0.25) is 0 Å². The van der Waals surface area contributed by atoms with Crippen LogP contribution in [0.2, 0.25) is 0 Å². The highest BCUT2D eigenvalue weighted by atomic mass is 16.5. The van der Waals surface area contributed by atoms with Gasteiger partial charge in [0.25, 0.3) is 0 Å². The zero-order chi connectivity index (χ0) is 15.5. The van der Waals surface area contributed by atoms with Crippen LogP contribution < -0.4 is 10.1 Å². The molecule has 6 heteroatoms. The summed E-state index contributed by atoms with van der Waals surface area (Å²) in [6.45, 7) is 2.50. The number of benzene rings is 1. The Bertz CT molecular complexity index is 608. The van der Waals surface area contributed by atoms with Gasteiger partial charge in [0.05, 0.1) is 13.3 Å². The molecule has 0 saturated carbocycles. The molecule has 0 saturated heterocycles. The molecule has 1 aromatic carbocycles. The van der Waals surface area contributed by atoms with Gasteiger partial charge >= 0.3 is 0 Å². The Kier molecular flexibility index (Phi) is 4.50. The summed E-state index contributed by atoms with van der Waals surface area (Å²) in [6, 6.07) is 5.06. The van der Waals surface area contributed by atoms with Crippen LogP contribution in [0.1, 0.15) is 18.1 Å². The van der Waals surface area contributed by atoms with E-state index >= 15 is 0 Å². The van der Waals surface area contributed by atoms with Gasteiger partial charge in [0.1, 0.15) is 17.1 Å². The first-order valence-corrected chi connectivity index (χ1v) is 6.70. The van der Waals surface area contributed by atoms with Crippen LogP contribution in [-0.4, -0.2) is 33.6 Å². The Morgan fingerprint density at radius 1 is 1.43 bits per heavy atom. The van der Waals surface area contributed by atoms with Crippen LogP contribution in [0.4, 0.5) is 0 Å². The zero-order valence-corrected chi connectivity index (χ0v) is 12.5. The number of nitrogens with zero attached hydrogens (tertiary/aromatic N) is 2. The highest BCUT2D eigenvalue weighted by Gasteiger charge is 2.24. The maximum Gasteiger partial charge on any atom is 0.120 e. The lowest BCUT2D eigenvalue weighted by molar-refractivity contribution is 0.0565. The van der Waals surface area contributed by atoms with Gasteiger partial charge in [-0.3, -0.25) is 4.68 Å². The van der Waals surface area contributed by atoms with Crippen molar-refractivity contribution >= 4 is 0 Å². The van der Waals surface area contributed by atoms with Crippen molar-refractivity contribution in [2.24, 2.45) is 7.05 Å². The lowest BCUT2D eigenvalue weighted by Crippen LogP contribution is -2.34. The number of phenolic OH excluding ortho intramolecular Hbond substituents is 1. The summed E-state index contributed by atoms with van der Waals surface area (Å²) in [7, 11) is 3.39. The number of aliphatic hydroxyl groups is 1. The Labute approximate surface area is 124 Å². The third-order valence-electron chi connectivity index (χ3n) is 3.40. The Hall–Kier alpha value is -2.05. The molecule has 6 nitrogen and oxygen atoms in total. The molecule has 0 spiro atoms. The van der Waals surface area contributed by atoms with E-state index in [1.165, 1.54) is 0 Å². The number of aromatic hydroxyl groups is 1. The lowest BCUT2D eigenvalue weighted by atomic mass is 9.99. The van der Waals surface area contributed by atoms with Gasteiger partial charge in [-0.15, -0.1) is 0 Å². The second-order valence-corrected chi connectivity index (χ2v) is 5.27. The van der Waals surface area contributed by atoms with Crippen LogP contribution in [0.25, 0.3) is 0 Å². The van der Waals surface area contributed by atoms with Crippen molar-refractivity contribution in [2.75, 3.05) is 13.7 Å². The summed E-state index contributed by atoms with van der Waals surface area (Å²) in [5, 5.41) is 27.5. The highest BCUT2D eigenvalue weighted by molar-refractivity contribution is 5.39. The van der Waals surface area contributed by atoms with E-state index in [4.69, 9.17) is 4.74 Å². The van der Waals surface area contributed by atoms with Gasteiger partial charge in [-0.1, -0.05) is 0 Å². The molecular weight excluding hydrogens is 270 g/mol. The van der Waals surface area contributed by atoms with E-state index in [1.807, 2.05) is 0 Å². The second kappa shape index (κ2) is 6.15. The van der Waals surface area contributed by atoms with Crippen LogP contribution in [0.15, 0.2) is 30.6 Å². The van der Waals surface area contributed by atoms with Gasteiger partial charge in [-0.05, 0) is 25.1 Å². The molecule has 2 rings (SSSR count). The molecule has 21 heavy (non-hydrogen) atoms. The van der Waals surface area contributed by atoms with Crippen molar-refractivity contribution in [1.82, 2.24) is 15.1 Å². The van der Waals surface area contributed by atoms with Gasteiger partial charge in [0.15, 0.2) is 0 Å². The SMILES string of the molecule is COc1ccc(O)c(CNCC(C)(O)c2cnn(C)c2)c1. The molecule has 0 aliphatic rings. The molecule has 1 unspecified atom stereocenters. The minimum atomic E-state index is -1.03. The fraction of sp³-hybridized carbons (Fsp3) is 0.400. The molecule has 1 heterocycles. The number of methoxy groups -OCH3 is 1. The first-order valence-electron chi connectivity index (χ1n) is 6.70. The maximum absolute atomic E-state index is 10.4. The Morgan fingerprint density at radius 2 is 2.19 bits per heavy atom. The van der Waals surface area contributed by atoms with Crippen molar-refractivity contribution in [2.45, 2.75) is 19.1 Å². The smallest absolute Gasteiger partial charge is 0.120 e. The number of hydrogen-bond acceptors (Lipinski definition) is 5. The molecule has 0 aliphatic carbocycles. The predicted octanol–water partition coefficient (Wildman–Crippen LogP) is 1.13. The Balaban J connectivity index is 1.98. The van der Waals surface area contributed by atoms with E-state index in [9.17, 15) is 10.2 Å². The first kappa shape index (κ1) is 15.3. The maximum atomic E-state index is 10.4. The van der Waals surface area contributed by atoms with E-state index in [1.54, 1.807) is 56.4 Å². The van der Waals surface area contributed by atoms with Gasteiger partial charge in [-0.25, -0.2) is 0 Å². The van der Waals surface area contributed by atoms with E-state index < -0.39 is 5.60 Å². The summed E-state index contributed by atoms with van der Waals surface area (Å²) in [4.78, 5) is 0. The highest BCUT2D eigenvalue weighted by Crippen LogP contribution is 2.23. The predicted molar refractivity (Wildman–Crippen MR) is 79.1 cm³/mol. The fourth-order valence-electron chi connectivity index (χ4n) is 2.07. The average Bonchev–Trinajstić information content (AvgIpc) is 2.88. The normalized spacial score (nSPS) is 13.9. The molecule has 0 fully saturated rings. The number of phenols is 1. The quantitative estimate of drug-likeness (QED) is 0.743. The van der Waals surface area contributed by atoms with Crippen LogP contribution in [0.5, 0.6) is 11.5 Å². The first-order chi connectivity index (χ1) is 9.92. The van der Waals surface area contributed by atoms with E-state index in [-0.39, 0.29) is 5.75 Å². The number of hydrogen-bond donors (Lipinski definition) is 3. The summed E-state index contributed by atoms with van der Waals surface area (Å²) in [6.07, 6.45) is 3.43. The molecule has 2 aromatic rings. The van der Waals surface area contributed by atoms with Gasteiger partial charge in [0, 0.05) is 37.5 Å². The number of ether oxygens (including phenoxy) is 1. The molecule has 0 aliphatic heterocycles. The number of nitrogens with one attached hydrogen (secondary N) is 1. The number of rotatable bonds is 6. The summed E-state index contributed by atoms with van der Waals surface area (Å²) in [5.74, 6) is 0.882. The van der Waals surface area contributed by atoms with Crippen molar-refractivity contribution in [1.29, 1.82) is 0 Å². The minimum absolute atomic E-state index is 0.198. The standard InChI is InChI=1S/C15H21N3O3/c1-15(20,12-8-17-18(2)9-12)10-16-7-11-6-13(21-3)4-5-14(11)19/h4-6,8-9,16,19-20H,7,10H2,1-3H3. The Morgan fingerprint density at radius 3 is 2.81 bits per heavy atom. The monoisotopic (exact) mass is 291 g/mol. The van der Waals surface area contributed by atoms with Crippen molar-refractivity contribution < 1.29 is 14.9 Å². The van der Waals surface area contributed by atoms with Crippen LogP contribution in [0.3, 0.4) is 0 Å². The number of aryl methyl sites for hydroxylation is 1. The van der Waals surface area contributed by atoms with Gasteiger partial charge in [-0.2, -0.15) is 5.10 Å². The van der Waals surface area contributed by atoms with Crippen molar-refractivity contribution in [3.63, 3.8) is 0 Å². The van der Waals surface area contributed by atoms with E-state index in [0.717, 1.165) is 11.1 Å². The van der Waals surface area contributed by atoms with Crippen LogP contribution >= 0.6 is 0 Å². The summed E-state index contributed by atoms with van der Waals surface area (Å²) in [5.41, 5.74) is 0.437. The molecule has 1 aromatic heterocycles. The molecule has 0 bridgehead atoms. The van der Waals surface area contributed by atoms with Crippen LogP contribution in [-0.2, 0) is 19.2 Å². The minimum Gasteiger partial charge on any atom is -0.508 e. The van der Waals surface area contributed by atoms with Crippen LogP contribution in [0, 0.1) is 0 Å². The van der Waals surface area contributed by atoms with E-state index in [0.29, 0.717) is 18.8 Å². The zero-order valence-electron chi connectivity index (χ0n) is 12.5. The summed E-state index contributed by atoms with van der Waals surface area (Å²) >= 11 is 0. The second-order valence-electron chi connectivity index (χ2n) is 5.27. The summed E-state index contributed by atoms with van der Waals surface area (Å²) < 4.78 is 6.78. The molecule has 0 radical (unpaired) electrons. The third-order valence-corrected chi connectivity index (χ3v) is 3.40. The fourth-order valence-corrected chi connectivity index (χ4v) is 2.07. The molecular formula is C15H21N3O3. The topological polar surface area (TPSA) is 79.5 Å². The number of aromatic nitrogens is 2. The van der Waals surface area contributed by atoms with Crippen molar-refractivity contribution in [3.05, 3.63) is 41.7 Å².